The Morgan fingerprint density at radius 2 is 1.83 bits per heavy atom. The summed E-state index contributed by atoms with van der Waals surface area (Å²) in [6.45, 7) is 1.56. The molecule has 36 heavy (non-hydrogen) atoms. The highest BCUT2D eigenvalue weighted by molar-refractivity contribution is 7.81. The summed E-state index contributed by atoms with van der Waals surface area (Å²) in [5, 5.41) is 6.18. The van der Waals surface area contributed by atoms with E-state index in [0.29, 0.717) is 33.2 Å². The van der Waals surface area contributed by atoms with E-state index in [1.165, 1.54) is 13.2 Å². The number of benzene rings is 3. The second-order valence-electron chi connectivity index (χ2n) is 7.71. The molecular formula is C24H23ClN6O4S. The summed E-state index contributed by atoms with van der Waals surface area (Å²) in [5.74, 6) is 0.391. The summed E-state index contributed by atoms with van der Waals surface area (Å²) in [5.41, 5.74) is 7.84. The molecule has 1 unspecified atom stereocenters. The van der Waals surface area contributed by atoms with Crippen LogP contribution in [0, 0.1) is 0 Å². The second-order valence-corrected chi connectivity index (χ2v) is 8.94. The van der Waals surface area contributed by atoms with Crippen molar-refractivity contribution < 1.29 is 18.3 Å². The van der Waals surface area contributed by atoms with Crippen molar-refractivity contribution in [3.63, 3.8) is 0 Å². The number of nitrogens with one attached hydrogen (secondary N) is 2. The number of ether oxygens (including phenoxy) is 1. The first-order valence-electron chi connectivity index (χ1n) is 10.7. The number of rotatable bonds is 8. The Morgan fingerprint density at radius 3 is 2.50 bits per heavy atom. The molecule has 0 spiro atoms. The monoisotopic (exact) mass is 526 g/mol. The van der Waals surface area contributed by atoms with Crippen LogP contribution in [0.2, 0.25) is 5.02 Å². The van der Waals surface area contributed by atoms with Crippen LogP contribution in [0.5, 0.6) is 5.75 Å². The van der Waals surface area contributed by atoms with Gasteiger partial charge in [-0.2, -0.15) is 0 Å². The molecule has 10 nitrogen and oxygen atoms in total. The van der Waals surface area contributed by atoms with E-state index in [1.54, 1.807) is 61.5 Å². The van der Waals surface area contributed by atoms with Crippen LogP contribution in [-0.2, 0) is 16.1 Å². The molecule has 3 aromatic carbocycles. The quantitative estimate of drug-likeness (QED) is 0.244. The summed E-state index contributed by atoms with van der Waals surface area (Å²) in [6.07, 6.45) is 0. The van der Waals surface area contributed by atoms with E-state index in [4.69, 9.17) is 22.1 Å². The highest BCUT2D eigenvalue weighted by Gasteiger charge is 2.24. The maximum atomic E-state index is 12.6. The fourth-order valence-corrected chi connectivity index (χ4v) is 4.06. The molecule has 1 heterocycles. The van der Waals surface area contributed by atoms with E-state index in [-0.39, 0.29) is 17.3 Å². The molecule has 0 bridgehead atoms. The van der Waals surface area contributed by atoms with Crippen molar-refractivity contribution in [2.45, 2.75) is 13.0 Å². The summed E-state index contributed by atoms with van der Waals surface area (Å²) in [7, 11) is 1.53. The van der Waals surface area contributed by atoms with Crippen molar-refractivity contribution in [3.8, 4) is 5.75 Å². The number of hydrogen-bond acceptors (Lipinski definition) is 7. The first-order chi connectivity index (χ1) is 17.3. The van der Waals surface area contributed by atoms with Crippen LogP contribution in [0.15, 0.2) is 66.7 Å². The minimum absolute atomic E-state index is 0.0593. The molecule has 0 radical (unpaired) electrons. The molecule has 0 saturated heterocycles. The Kier molecular flexibility index (Phi) is 7.65. The molecule has 0 saturated carbocycles. The molecule has 2 atom stereocenters. The molecule has 5 N–H and O–H groups in total. The van der Waals surface area contributed by atoms with E-state index >= 15 is 0 Å². The number of nitrogens with zero attached hydrogens (tertiary/aromatic N) is 3. The van der Waals surface area contributed by atoms with E-state index in [1.807, 2.05) is 6.07 Å². The van der Waals surface area contributed by atoms with E-state index in [9.17, 15) is 13.6 Å². The third kappa shape index (κ3) is 5.55. The number of methoxy groups -OCH3 is 1. The van der Waals surface area contributed by atoms with E-state index in [0.717, 1.165) is 4.31 Å². The lowest BCUT2D eigenvalue weighted by Crippen LogP contribution is -2.32. The van der Waals surface area contributed by atoms with Crippen LogP contribution in [0.25, 0.3) is 11.0 Å². The maximum Gasteiger partial charge on any atom is 0.268 e. The SMILES string of the molecule is COc1ccc(Cl)c(Nc2nc3ccccc3nc2N(c2cccc(NC(=O)[C@H](C)N)c2)S(=O)O)c1. The zero-order chi connectivity index (χ0) is 25.8. The van der Waals surface area contributed by atoms with E-state index in [2.05, 4.69) is 20.6 Å². The minimum atomic E-state index is -2.56. The summed E-state index contributed by atoms with van der Waals surface area (Å²) in [4.78, 5) is 21.3. The molecule has 0 fully saturated rings. The number of carbonyl (C=O) groups is 1. The van der Waals surface area contributed by atoms with Gasteiger partial charge in [-0.3, -0.25) is 9.35 Å². The zero-order valence-corrected chi connectivity index (χ0v) is 20.9. The van der Waals surface area contributed by atoms with Gasteiger partial charge in [0.05, 0.1) is 40.6 Å². The lowest BCUT2D eigenvalue weighted by Gasteiger charge is -2.23. The van der Waals surface area contributed by atoms with Gasteiger partial charge in [0.25, 0.3) is 11.3 Å². The van der Waals surface area contributed by atoms with Gasteiger partial charge in [-0.05, 0) is 49.4 Å². The maximum absolute atomic E-state index is 12.6. The van der Waals surface area contributed by atoms with Crippen molar-refractivity contribution in [1.29, 1.82) is 0 Å². The predicted octanol–water partition coefficient (Wildman–Crippen LogP) is 4.60. The predicted molar refractivity (Wildman–Crippen MR) is 142 cm³/mol. The molecule has 1 aromatic heterocycles. The van der Waals surface area contributed by atoms with Crippen molar-refractivity contribution >= 4 is 68.5 Å². The normalized spacial score (nSPS) is 12.6. The minimum Gasteiger partial charge on any atom is -0.497 e. The number of anilines is 5. The Morgan fingerprint density at radius 1 is 1.11 bits per heavy atom. The second kappa shape index (κ2) is 10.9. The highest BCUT2D eigenvalue weighted by Crippen LogP contribution is 2.37. The van der Waals surface area contributed by atoms with Gasteiger partial charge >= 0.3 is 0 Å². The molecule has 0 aliphatic heterocycles. The van der Waals surface area contributed by atoms with Gasteiger partial charge in [-0.15, -0.1) is 0 Å². The third-order valence-corrected chi connectivity index (χ3v) is 6.11. The van der Waals surface area contributed by atoms with Gasteiger partial charge < -0.3 is 21.1 Å². The summed E-state index contributed by atoms with van der Waals surface area (Å²) in [6, 6.07) is 17.8. The van der Waals surface area contributed by atoms with Crippen LogP contribution in [0.1, 0.15) is 6.92 Å². The molecule has 186 valence electrons. The molecule has 1 amide bonds. The number of para-hydroxylation sites is 2. The van der Waals surface area contributed by atoms with E-state index < -0.39 is 23.2 Å². The smallest absolute Gasteiger partial charge is 0.268 e. The van der Waals surface area contributed by atoms with Crippen LogP contribution in [0.3, 0.4) is 0 Å². The fourth-order valence-electron chi connectivity index (χ4n) is 3.32. The van der Waals surface area contributed by atoms with Crippen molar-refractivity contribution in [3.05, 3.63) is 71.8 Å². The first-order valence-corrected chi connectivity index (χ1v) is 12.2. The molecule has 0 aliphatic rings. The lowest BCUT2D eigenvalue weighted by atomic mass is 10.2. The summed E-state index contributed by atoms with van der Waals surface area (Å²) < 4.78 is 29.3. The van der Waals surface area contributed by atoms with Gasteiger partial charge in [-0.25, -0.2) is 18.5 Å². The van der Waals surface area contributed by atoms with Crippen LogP contribution in [-0.4, -0.2) is 37.8 Å². The van der Waals surface area contributed by atoms with Crippen LogP contribution < -0.4 is 25.4 Å². The number of amides is 1. The number of nitrogens with two attached hydrogens (primary N) is 1. The number of carbonyl (C=O) groups excluding carboxylic acids is 1. The number of fused-ring (bicyclic) bond motifs is 1. The molecule has 0 aliphatic carbocycles. The number of hydrogen-bond donors (Lipinski definition) is 4. The van der Waals surface area contributed by atoms with Gasteiger partial charge in [0, 0.05) is 11.8 Å². The number of aromatic nitrogens is 2. The number of halogens is 1. The average Bonchev–Trinajstić information content (AvgIpc) is 2.85. The standard InChI is InChI=1S/C24H23ClN6O4S/c1-14(26)24(32)27-15-6-5-7-16(12-15)31(36(33)34)23-22(28-19-8-3-4-9-20(19)30-23)29-21-13-17(35-2)10-11-18(21)25/h3-14H,26H2,1-2H3,(H,27,32)(H,28,29)(H,33,34)/t14-/m0/s1. The Labute approximate surface area is 214 Å². The lowest BCUT2D eigenvalue weighted by molar-refractivity contribution is -0.117. The fraction of sp³-hybridized carbons (Fsp3) is 0.125. The zero-order valence-electron chi connectivity index (χ0n) is 19.3. The Hall–Kier alpha value is -3.77. The first kappa shape index (κ1) is 25.3. The van der Waals surface area contributed by atoms with Crippen molar-refractivity contribution in [2.24, 2.45) is 5.73 Å². The van der Waals surface area contributed by atoms with Crippen molar-refractivity contribution in [1.82, 2.24) is 9.97 Å². The largest absolute Gasteiger partial charge is 0.497 e. The van der Waals surface area contributed by atoms with Gasteiger partial charge in [0.1, 0.15) is 5.75 Å². The average molecular weight is 527 g/mol. The molecular weight excluding hydrogens is 504 g/mol. The Bertz CT molecular complexity index is 1450. The molecule has 4 aromatic rings. The summed E-state index contributed by atoms with van der Waals surface area (Å²) >= 11 is 3.83. The highest BCUT2D eigenvalue weighted by atomic mass is 35.5. The molecule has 4 rings (SSSR count). The third-order valence-electron chi connectivity index (χ3n) is 5.09. The van der Waals surface area contributed by atoms with Gasteiger partial charge in [-0.1, -0.05) is 29.8 Å². The van der Waals surface area contributed by atoms with Gasteiger partial charge in [0.2, 0.25) is 5.91 Å². The molecule has 12 heteroatoms. The van der Waals surface area contributed by atoms with Gasteiger partial charge in [0.15, 0.2) is 11.6 Å². The topological polar surface area (TPSA) is 143 Å². The Balaban J connectivity index is 1.85. The van der Waals surface area contributed by atoms with Crippen LogP contribution in [0.4, 0.5) is 28.7 Å². The van der Waals surface area contributed by atoms with Crippen LogP contribution >= 0.6 is 11.6 Å². The van der Waals surface area contributed by atoms with Crippen molar-refractivity contribution in [2.75, 3.05) is 22.0 Å².